The Morgan fingerprint density at radius 2 is 1.69 bits per heavy atom. The van der Waals surface area contributed by atoms with Gasteiger partial charge in [0.05, 0.1) is 6.04 Å². The number of benzene rings is 1. The van der Waals surface area contributed by atoms with Crippen molar-refractivity contribution < 1.29 is 14.0 Å². The van der Waals surface area contributed by atoms with Crippen LogP contribution in [0.25, 0.3) is 0 Å². The molecule has 160 valence electrons. The number of anilines is 1. The van der Waals surface area contributed by atoms with Crippen molar-refractivity contribution in [1.29, 1.82) is 0 Å². The average molecular weight is 406 g/mol. The second-order valence-corrected chi connectivity index (χ2v) is 7.85. The lowest BCUT2D eigenvalue weighted by atomic mass is 10.0. The summed E-state index contributed by atoms with van der Waals surface area (Å²) in [7, 11) is 0. The monoisotopic (exact) mass is 405 g/mol. The lowest BCUT2D eigenvalue weighted by Crippen LogP contribution is -2.56. The molecule has 1 aromatic carbocycles. The number of hydrogen-bond donors (Lipinski definition) is 2. The largest absolute Gasteiger partial charge is 0.339 e. The van der Waals surface area contributed by atoms with Gasteiger partial charge in [-0.2, -0.15) is 0 Å². The second kappa shape index (κ2) is 10.0. The van der Waals surface area contributed by atoms with Gasteiger partial charge in [-0.25, -0.2) is 9.18 Å². The number of urea groups is 1. The number of carbonyl (C=O) groups is 2. The third kappa shape index (κ3) is 5.90. The Labute approximate surface area is 172 Å². The van der Waals surface area contributed by atoms with E-state index in [1.54, 1.807) is 0 Å². The number of carbonyl (C=O) groups excluding carboxylic acids is 2. The Morgan fingerprint density at radius 3 is 2.28 bits per heavy atom. The van der Waals surface area contributed by atoms with Gasteiger partial charge < -0.3 is 20.4 Å². The molecule has 2 fully saturated rings. The van der Waals surface area contributed by atoms with E-state index in [2.05, 4.69) is 27.4 Å². The van der Waals surface area contributed by atoms with Gasteiger partial charge in [-0.3, -0.25) is 9.69 Å². The van der Waals surface area contributed by atoms with Crippen molar-refractivity contribution in [3.8, 4) is 0 Å². The summed E-state index contributed by atoms with van der Waals surface area (Å²) < 4.78 is 12.9. The van der Waals surface area contributed by atoms with Gasteiger partial charge in [0.2, 0.25) is 5.91 Å². The van der Waals surface area contributed by atoms with Crippen molar-refractivity contribution in [2.75, 3.05) is 51.1 Å². The topological polar surface area (TPSA) is 67.9 Å². The molecular weight excluding hydrogens is 373 g/mol. The van der Waals surface area contributed by atoms with Crippen LogP contribution in [-0.2, 0) is 4.79 Å². The maximum absolute atomic E-state index is 12.9. The van der Waals surface area contributed by atoms with E-state index < -0.39 is 0 Å². The number of hydrogen-bond acceptors (Lipinski definition) is 4. The third-order valence-electron chi connectivity index (χ3n) is 6.00. The molecule has 3 amide bonds. The molecule has 0 bridgehead atoms. The summed E-state index contributed by atoms with van der Waals surface area (Å²) in [6, 6.07) is 5.35. The number of likely N-dealkylation sites (N-methyl/N-ethyl adjacent to an activating group) is 1. The zero-order chi connectivity index (χ0) is 20.8. The molecule has 7 nitrogen and oxygen atoms in total. The zero-order valence-electron chi connectivity index (χ0n) is 17.4. The van der Waals surface area contributed by atoms with E-state index in [1.807, 2.05) is 11.8 Å². The molecule has 8 heteroatoms. The van der Waals surface area contributed by atoms with Gasteiger partial charge in [0.25, 0.3) is 0 Å². The summed E-state index contributed by atoms with van der Waals surface area (Å²) in [5.41, 5.74) is 0.559. The van der Waals surface area contributed by atoms with E-state index in [-0.39, 0.29) is 29.8 Å². The lowest BCUT2D eigenvalue weighted by Gasteiger charge is -2.40. The molecule has 2 N–H and O–H groups in total. The fraction of sp³-hybridized carbons (Fsp3) is 0.619. The minimum absolute atomic E-state index is 0.0714. The summed E-state index contributed by atoms with van der Waals surface area (Å²) in [4.78, 5) is 31.6. The predicted octanol–water partition coefficient (Wildman–Crippen LogP) is 1.96. The van der Waals surface area contributed by atoms with Crippen LogP contribution >= 0.6 is 0 Å². The van der Waals surface area contributed by atoms with Gasteiger partial charge in [-0.1, -0.05) is 6.92 Å². The van der Waals surface area contributed by atoms with E-state index >= 15 is 0 Å². The average Bonchev–Trinajstić information content (AvgIpc) is 2.75. The summed E-state index contributed by atoms with van der Waals surface area (Å²) in [5, 5.41) is 5.70. The summed E-state index contributed by atoms with van der Waals surface area (Å²) in [6.07, 6.45) is 1.61. The maximum atomic E-state index is 12.9. The van der Waals surface area contributed by atoms with Crippen LogP contribution in [0.4, 0.5) is 14.9 Å². The number of rotatable bonds is 5. The number of piperidine rings is 1. The second-order valence-electron chi connectivity index (χ2n) is 7.85. The molecule has 1 aromatic rings. The van der Waals surface area contributed by atoms with Gasteiger partial charge in [0, 0.05) is 51.0 Å². The number of nitrogens with one attached hydrogen (secondary N) is 2. The molecule has 3 rings (SSSR count). The number of amides is 3. The van der Waals surface area contributed by atoms with Gasteiger partial charge in [-0.05, 0) is 50.6 Å². The molecule has 0 aromatic heterocycles. The summed E-state index contributed by atoms with van der Waals surface area (Å²) in [5.74, 6) is -0.125. The van der Waals surface area contributed by atoms with Crippen molar-refractivity contribution >= 4 is 17.6 Å². The quantitative estimate of drug-likeness (QED) is 0.786. The molecule has 0 spiro atoms. The van der Waals surface area contributed by atoms with Gasteiger partial charge >= 0.3 is 6.03 Å². The van der Waals surface area contributed by atoms with E-state index in [0.29, 0.717) is 5.69 Å². The van der Waals surface area contributed by atoms with E-state index in [0.717, 1.165) is 58.7 Å². The highest BCUT2D eigenvalue weighted by Crippen LogP contribution is 2.16. The van der Waals surface area contributed by atoms with Crippen LogP contribution in [0.3, 0.4) is 0 Å². The van der Waals surface area contributed by atoms with Crippen LogP contribution in [0.1, 0.15) is 26.7 Å². The molecular formula is C21H32FN5O2. The van der Waals surface area contributed by atoms with Crippen LogP contribution in [0.2, 0.25) is 0 Å². The fourth-order valence-electron chi connectivity index (χ4n) is 4.02. The van der Waals surface area contributed by atoms with Crippen LogP contribution in [-0.4, -0.2) is 84.5 Å². The highest BCUT2D eigenvalue weighted by Gasteiger charge is 2.31. The van der Waals surface area contributed by atoms with Crippen molar-refractivity contribution in [3.63, 3.8) is 0 Å². The van der Waals surface area contributed by atoms with Crippen LogP contribution in [0.5, 0.6) is 0 Å². The molecule has 0 radical (unpaired) electrons. The Balaban J connectivity index is 1.40. The van der Waals surface area contributed by atoms with Crippen LogP contribution < -0.4 is 10.6 Å². The molecule has 2 heterocycles. The first-order valence-corrected chi connectivity index (χ1v) is 10.5. The SMILES string of the molecule is CCN1CCN(C(=O)C(C)N2CCC(NC(=O)Nc3ccc(F)cc3)CC2)CC1. The van der Waals surface area contributed by atoms with Crippen LogP contribution in [0, 0.1) is 5.82 Å². The molecule has 0 saturated carbocycles. The molecule has 2 aliphatic heterocycles. The molecule has 2 saturated heterocycles. The first-order chi connectivity index (χ1) is 14.0. The van der Waals surface area contributed by atoms with Crippen molar-refractivity contribution in [2.24, 2.45) is 0 Å². The first-order valence-electron chi connectivity index (χ1n) is 10.5. The number of likely N-dealkylation sites (tertiary alicyclic amines) is 1. The van der Waals surface area contributed by atoms with Gasteiger partial charge in [0.1, 0.15) is 5.82 Å². The summed E-state index contributed by atoms with van der Waals surface area (Å²) in [6.45, 7) is 10.2. The van der Waals surface area contributed by atoms with E-state index in [4.69, 9.17) is 0 Å². The number of halogens is 1. The van der Waals surface area contributed by atoms with Crippen molar-refractivity contribution in [3.05, 3.63) is 30.1 Å². The smallest absolute Gasteiger partial charge is 0.319 e. The molecule has 2 aliphatic rings. The van der Waals surface area contributed by atoms with Crippen LogP contribution in [0.15, 0.2) is 24.3 Å². The molecule has 1 atom stereocenters. The molecule has 0 aliphatic carbocycles. The minimum atomic E-state index is -0.334. The van der Waals surface area contributed by atoms with Crippen molar-refractivity contribution in [2.45, 2.75) is 38.8 Å². The predicted molar refractivity (Wildman–Crippen MR) is 111 cm³/mol. The maximum Gasteiger partial charge on any atom is 0.319 e. The van der Waals surface area contributed by atoms with Crippen molar-refractivity contribution in [1.82, 2.24) is 20.0 Å². The molecule has 29 heavy (non-hydrogen) atoms. The highest BCUT2D eigenvalue weighted by atomic mass is 19.1. The molecule has 1 unspecified atom stereocenters. The van der Waals surface area contributed by atoms with E-state index in [1.165, 1.54) is 24.3 Å². The minimum Gasteiger partial charge on any atom is -0.339 e. The standard InChI is InChI=1S/C21H32FN5O2/c1-3-25-12-14-27(15-13-25)20(28)16(2)26-10-8-19(9-11-26)24-21(29)23-18-6-4-17(22)5-7-18/h4-7,16,19H,3,8-15H2,1-2H3,(H2,23,24,29). The third-order valence-corrected chi connectivity index (χ3v) is 6.00. The Bertz CT molecular complexity index is 683. The number of nitrogens with zero attached hydrogens (tertiary/aromatic N) is 3. The zero-order valence-corrected chi connectivity index (χ0v) is 17.4. The number of piperazine rings is 1. The first kappa shape index (κ1) is 21.5. The Kier molecular flexibility index (Phi) is 7.44. The Morgan fingerprint density at radius 1 is 1.07 bits per heavy atom. The highest BCUT2D eigenvalue weighted by molar-refractivity contribution is 5.89. The van der Waals surface area contributed by atoms with E-state index in [9.17, 15) is 14.0 Å². The summed E-state index contributed by atoms with van der Waals surface area (Å²) >= 11 is 0. The Hall–Kier alpha value is -2.19. The fourth-order valence-corrected chi connectivity index (χ4v) is 4.02. The lowest BCUT2D eigenvalue weighted by molar-refractivity contribution is -0.138. The van der Waals surface area contributed by atoms with Gasteiger partial charge in [0.15, 0.2) is 0 Å². The van der Waals surface area contributed by atoms with Gasteiger partial charge in [-0.15, -0.1) is 0 Å². The normalized spacial score (nSPS) is 20.3.